The maximum atomic E-state index is 5.35. The van der Waals surface area contributed by atoms with Gasteiger partial charge in [-0.25, -0.2) is 0 Å². The Morgan fingerprint density at radius 1 is 1.12 bits per heavy atom. The molecule has 0 aromatic carbocycles. The van der Waals surface area contributed by atoms with Crippen LogP contribution in [0.15, 0.2) is 4.42 Å². The number of nitrogens with two attached hydrogens (primary N) is 1. The van der Waals surface area contributed by atoms with Gasteiger partial charge in [-0.2, -0.15) is 0 Å². The van der Waals surface area contributed by atoms with Crippen molar-refractivity contribution < 1.29 is 4.42 Å². The van der Waals surface area contributed by atoms with E-state index >= 15 is 0 Å². The van der Waals surface area contributed by atoms with Crippen LogP contribution in [0.2, 0.25) is 0 Å². The first kappa shape index (κ1) is 13.0. The van der Waals surface area contributed by atoms with E-state index in [4.69, 9.17) is 10.2 Å². The number of aromatic nitrogens is 2. The van der Waals surface area contributed by atoms with Crippen molar-refractivity contribution in [3.05, 3.63) is 5.89 Å². The summed E-state index contributed by atoms with van der Waals surface area (Å²) < 4.78 is 5.12. The second-order valence-corrected chi connectivity index (χ2v) is 3.98. The predicted octanol–water partition coefficient (Wildman–Crippen LogP) is 1.71. The van der Waals surface area contributed by atoms with Gasteiger partial charge >= 0.3 is 6.01 Å². The van der Waals surface area contributed by atoms with Crippen molar-refractivity contribution in [1.29, 1.82) is 0 Å². The number of rotatable bonds is 8. The molecule has 1 rings (SSSR count). The van der Waals surface area contributed by atoms with Gasteiger partial charge in [-0.05, 0) is 38.9 Å². The van der Waals surface area contributed by atoms with Crippen LogP contribution in [0.4, 0.5) is 6.01 Å². The quantitative estimate of drug-likeness (QED) is 0.730. The second kappa shape index (κ2) is 7.22. The summed E-state index contributed by atoms with van der Waals surface area (Å²) in [6.45, 7) is 7.84. The molecule has 0 atom stereocenters. The molecule has 0 aliphatic heterocycles. The highest BCUT2D eigenvalue weighted by atomic mass is 16.4. The van der Waals surface area contributed by atoms with Crippen molar-refractivity contribution in [1.82, 2.24) is 15.1 Å². The van der Waals surface area contributed by atoms with Gasteiger partial charge < -0.3 is 15.1 Å². The van der Waals surface area contributed by atoms with Crippen molar-refractivity contribution in [2.75, 3.05) is 25.4 Å². The average molecular weight is 226 g/mol. The molecule has 5 nitrogen and oxygen atoms in total. The lowest BCUT2D eigenvalue weighted by Crippen LogP contribution is -2.26. The molecule has 0 saturated carbocycles. The Morgan fingerprint density at radius 3 is 2.31 bits per heavy atom. The van der Waals surface area contributed by atoms with Crippen LogP contribution in [0.25, 0.3) is 0 Å². The number of aryl methyl sites for hydroxylation is 1. The maximum absolute atomic E-state index is 5.35. The standard InChI is InChI=1S/C11H22N4O/c1-3-7-15(8-4-2)9-5-6-10-13-14-11(12)16-10/h3-9H2,1-2H3,(H2,12,14). The molecular weight excluding hydrogens is 204 g/mol. The minimum absolute atomic E-state index is 0.161. The van der Waals surface area contributed by atoms with Gasteiger partial charge in [0.1, 0.15) is 0 Å². The normalized spacial score (nSPS) is 11.2. The minimum atomic E-state index is 0.161. The Labute approximate surface area is 97.0 Å². The average Bonchev–Trinajstić information content (AvgIpc) is 2.65. The molecule has 0 bridgehead atoms. The highest BCUT2D eigenvalue weighted by Crippen LogP contribution is 2.05. The van der Waals surface area contributed by atoms with Gasteiger partial charge in [0, 0.05) is 6.42 Å². The number of nitrogens with zero attached hydrogens (tertiary/aromatic N) is 3. The molecule has 92 valence electrons. The zero-order valence-corrected chi connectivity index (χ0v) is 10.3. The fraction of sp³-hybridized carbons (Fsp3) is 0.818. The topological polar surface area (TPSA) is 68.2 Å². The van der Waals surface area contributed by atoms with Gasteiger partial charge in [0.2, 0.25) is 5.89 Å². The molecule has 0 amide bonds. The minimum Gasteiger partial charge on any atom is -0.408 e. The Morgan fingerprint density at radius 2 is 1.81 bits per heavy atom. The highest BCUT2D eigenvalue weighted by molar-refractivity contribution is 5.04. The summed E-state index contributed by atoms with van der Waals surface area (Å²) in [6, 6.07) is 0.161. The third kappa shape index (κ3) is 4.61. The Balaban J connectivity index is 2.21. The van der Waals surface area contributed by atoms with Gasteiger partial charge in [-0.1, -0.05) is 18.9 Å². The van der Waals surface area contributed by atoms with Crippen molar-refractivity contribution in [2.45, 2.75) is 39.5 Å². The molecule has 0 fully saturated rings. The molecule has 0 spiro atoms. The van der Waals surface area contributed by atoms with Gasteiger partial charge in [-0.3, -0.25) is 0 Å². The van der Waals surface area contributed by atoms with Gasteiger partial charge in [0.25, 0.3) is 0 Å². The monoisotopic (exact) mass is 226 g/mol. The Hall–Kier alpha value is -1.10. The fourth-order valence-electron chi connectivity index (χ4n) is 1.79. The van der Waals surface area contributed by atoms with E-state index < -0.39 is 0 Å². The number of nitrogen functional groups attached to an aromatic ring is 1. The van der Waals surface area contributed by atoms with Crippen molar-refractivity contribution in [2.24, 2.45) is 0 Å². The van der Waals surface area contributed by atoms with E-state index in [1.54, 1.807) is 0 Å². The van der Waals surface area contributed by atoms with Crippen LogP contribution in [0.5, 0.6) is 0 Å². The molecule has 0 aliphatic carbocycles. The van der Waals surface area contributed by atoms with Crippen LogP contribution < -0.4 is 5.73 Å². The van der Waals surface area contributed by atoms with Crippen LogP contribution in [-0.2, 0) is 6.42 Å². The molecule has 0 unspecified atom stereocenters. The highest BCUT2D eigenvalue weighted by Gasteiger charge is 2.05. The van der Waals surface area contributed by atoms with Crippen molar-refractivity contribution in [3.63, 3.8) is 0 Å². The molecule has 0 saturated heterocycles. The molecular formula is C11H22N4O. The van der Waals surface area contributed by atoms with E-state index in [1.165, 1.54) is 25.9 Å². The number of hydrogen-bond acceptors (Lipinski definition) is 5. The zero-order chi connectivity index (χ0) is 11.8. The van der Waals surface area contributed by atoms with Crippen molar-refractivity contribution in [3.8, 4) is 0 Å². The van der Waals surface area contributed by atoms with Crippen LogP contribution in [0.3, 0.4) is 0 Å². The van der Waals surface area contributed by atoms with E-state index in [2.05, 4.69) is 28.9 Å². The van der Waals surface area contributed by atoms with E-state index in [0.29, 0.717) is 5.89 Å². The third-order valence-corrected chi connectivity index (χ3v) is 2.43. The first-order valence-electron chi connectivity index (χ1n) is 6.06. The number of anilines is 1. The predicted molar refractivity (Wildman–Crippen MR) is 64.1 cm³/mol. The molecule has 2 N–H and O–H groups in total. The summed E-state index contributed by atoms with van der Waals surface area (Å²) in [5, 5.41) is 7.48. The maximum Gasteiger partial charge on any atom is 0.312 e. The molecule has 1 aromatic rings. The van der Waals surface area contributed by atoms with Crippen LogP contribution >= 0.6 is 0 Å². The van der Waals surface area contributed by atoms with Crippen LogP contribution in [-0.4, -0.2) is 34.7 Å². The summed E-state index contributed by atoms with van der Waals surface area (Å²) in [5.74, 6) is 0.644. The Bertz CT molecular complexity index is 281. The smallest absolute Gasteiger partial charge is 0.312 e. The second-order valence-electron chi connectivity index (χ2n) is 3.98. The van der Waals surface area contributed by atoms with Crippen LogP contribution in [0.1, 0.15) is 39.0 Å². The Kier molecular flexibility index (Phi) is 5.85. The van der Waals surface area contributed by atoms with Gasteiger partial charge in [0.05, 0.1) is 0 Å². The largest absolute Gasteiger partial charge is 0.408 e. The molecule has 1 heterocycles. The molecule has 0 aliphatic rings. The lowest BCUT2D eigenvalue weighted by atomic mass is 10.2. The lowest BCUT2D eigenvalue weighted by Gasteiger charge is -2.20. The summed E-state index contributed by atoms with van der Waals surface area (Å²) in [5.41, 5.74) is 5.35. The molecule has 16 heavy (non-hydrogen) atoms. The fourth-order valence-corrected chi connectivity index (χ4v) is 1.79. The molecule has 0 radical (unpaired) electrons. The number of hydrogen-bond donors (Lipinski definition) is 1. The summed E-state index contributed by atoms with van der Waals surface area (Å²) in [7, 11) is 0. The summed E-state index contributed by atoms with van der Waals surface area (Å²) >= 11 is 0. The third-order valence-electron chi connectivity index (χ3n) is 2.43. The SMILES string of the molecule is CCCN(CCC)CCCc1nnc(N)o1. The summed E-state index contributed by atoms with van der Waals surface area (Å²) in [4.78, 5) is 2.47. The van der Waals surface area contributed by atoms with E-state index in [9.17, 15) is 0 Å². The van der Waals surface area contributed by atoms with Crippen molar-refractivity contribution >= 4 is 6.01 Å². The van der Waals surface area contributed by atoms with Gasteiger partial charge in [-0.15, -0.1) is 5.10 Å². The van der Waals surface area contributed by atoms with E-state index in [1.807, 2.05) is 0 Å². The lowest BCUT2D eigenvalue weighted by molar-refractivity contribution is 0.268. The summed E-state index contributed by atoms with van der Waals surface area (Å²) in [6.07, 6.45) is 4.26. The first-order chi connectivity index (χ1) is 7.76. The van der Waals surface area contributed by atoms with Crippen LogP contribution in [0, 0.1) is 0 Å². The zero-order valence-electron chi connectivity index (χ0n) is 10.3. The van der Waals surface area contributed by atoms with E-state index in [-0.39, 0.29) is 6.01 Å². The molecule has 1 aromatic heterocycles. The first-order valence-corrected chi connectivity index (χ1v) is 6.06. The van der Waals surface area contributed by atoms with E-state index in [0.717, 1.165) is 19.4 Å². The van der Waals surface area contributed by atoms with Gasteiger partial charge in [0.15, 0.2) is 0 Å². The molecule has 5 heteroatoms.